The molecule has 1 aromatic heterocycles. The van der Waals surface area contributed by atoms with E-state index < -0.39 is 211 Å². The number of carboxylic acid groups (broad SMARTS) is 4. The van der Waals surface area contributed by atoms with Crippen molar-refractivity contribution in [3.05, 3.63) is 36.0 Å². The van der Waals surface area contributed by atoms with Crippen LogP contribution >= 0.6 is 0 Å². The van der Waals surface area contributed by atoms with Crippen molar-refractivity contribution in [1.29, 1.82) is 5.41 Å². The van der Waals surface area contributed by atoms with Gasteiger partial charge in [0, 0.05) is 30.1 Å². The first kappa shape index (κ1) is 85.0. The number of hydrogen-bond donors (Lipinski definition) is 23. The van der Waals surface area contributed by atoms with E-state index in [4.69, 9.17) is 16.9 Å². The van der Waals surface area contributed by atoms with Crippen LogP contribution in [0.25, 0.3) is 10.9 Å². The van der Waals surface area contributed by atoms with Gasteiger partial charge in [0.1, 0.15) is 60.4 Å². The van der Waals surface area contributed by atoms with Gasteiger partial charge in [0.15, 0.2) is 5.96 Å². The van der Waals surface area contributed by atoms with Crippen molar-refractivity contribution in [1.82, 2.24) is 68.8 Å². The van der Waals surface area contributed by atoms with Crippen LogP contribution in [-0.4, -0.2) is 233 Å². The van der Waals surface area contributed by atoms with Gasteiger partial charge >= 0.3 is 23.9 Å². The maximum atomic E-state index is 14.1. The van der Waals surface area contributed by atoms with E-state index in [9.17, 15) is 108 Å². The Kier molecular flexibility index (Phi) is 35.4. The fourth-order valence-corrected chi connectivity index (χ4v) is 9.66. The Bertz CT molecular complexity index is 3200. The van der Waals surface area contributed by atoms with E-state index in [1.54, 1.807) is 58.9 Å². The topological polar surface area (TPSA) is 634 Å². The summed E-state index contributed by atoms with van der Waals surface area (Å²) in [6.07, 6.45) is -7.12. The predicted molar refractivity (Wildman–Crippen MR) is 349 cm³/mol. The van der Waals surface area contributed by atoms with Crippen LogP contribution in [0.1, 0.15) is 119 Å². The Morgan fingerprint density at radius 2 is 0.889 bits per heavy atom. The molecule has 0 unspecified atom stereocenters. The minimum atomic E-state index is -2.08. The van der Waals surface area contributed by atoms with Crippen LogP contribution in [0.15, 0.2) is 30.5 Å². The van der Waals surface area contributed by atoms with Gasteiger partial charge in [-0.25, -0.2) is 4.79 Å². The molecule has 0 spiro atoms. The highest BCUT2D eigenvalue weighted by Crippen LogP contribution is 2.20. The van der Waals surface area contributed by atoms with Gasteiger partial charge in [-0.2, -0.15) is 0 Å². The number of rotatable bonds is 44. The summed E-state index contributed by atoms with van der Waals surface area (Å²) in [5.74, 6) is -21.5. The van der Waals surface area contributed by atoms with Gasteiger partial charge in [0.05, 0.1) is 50.2 Å². The quantitative estimate of drug-likeness (QED) is 0.0167. The average molecular weight is 1410 g/mol. The van der Waals surface area contributed by atoms with E-state index in [2.05, 4.69) is 68.8 Å². The monoisotopic (exact) mass is 1400 g/mol. The van der Waals surface area contributed by atoms with Gasteiger partial charge in [-0.1, -0.05) is 72.6 Å². The zero-order chi connectivity index (χ0) is 75.3. The van der Waals surface area contributed by atoms with Gasteiger partial charge in [-0.3, -0.25) is 72.5 Å². The van der Waals surface area contributed by atoms with E-state index in [0.29, 0.717) is 22.9 Å². The molecule has 0 saturated carbocycles. The summed E-state index contributed by atoms with van der Waals surface area (Å²) < 4.78 is 0. The molecule has 38 heteroatoms. The third-order valence-corrected chi connectivity index (χ3v) is 15.7. The molecule has 2 aromatic rings. The van der Waals surface area contributed by atoms with Crippen LogP contribution < -0.4 is 75.3 Å². The molecule has 0 aliphatic rings. The Balaban J connectivity index is 2.34. The van der Waals surface area contributed by atoms with Crippen LogP contribution in [-0.2, 0) is 78.3 Å². The number of hydrogen-bond acceptors (Lipinski definition) is 20. The summed E-state index contributed by atoms with van der Waals surface area (Å²) >= 11 is 0. The zero-order valence-corrected chi connectivity index (χ0v) is 56.4. The van der Waals surface area contributed by atoms with Crippen LogP contribution in [0.3, 0.4) is 0 Å². The van der Waals surface area contributed by atoms with Gasteiger partial charge < -0.3 is 116 Å². The Morgan fingerprint density at radius 3 is 1.37 bits per heavy atom. The van der Waals surface area contributed by atoms with Crippen LogP contribution in [0, 0.1) is 23.2 Å². The number of aromatic amines is 1. The highest BCUT2D eigenvalue weighted by atomic mass is 16.4. The maximum Gasteiger partial charge on any atom is 0.326 e. The number of aliphatic carboxylic acids is 4. The molecule has 0 bridgehead atoms. The van der Waals surface area contributed by atoms with E-state index >= 15 is 0 Å². The molecular formula is C61H96N16O22. The minimum absolute atomic E-state index is 0.0726. The lowest BCUT2D eigenvalue weighted by molar-refractivity contribution is -0.143. The minimum Gasteiger partial charge on any atom is -0.481 e. The Morgan fingerprint density at radius 1 is 0.485 bits per heavy atom. The van der Waals surface area contributed by atoms with Crippen molar-refractivity contribution < 1.29 is 108 Å². The number of aliphatic hydroxyl groups excluding tert-OH is 3. The number of H-pyrrole nitrogens is 1. The van der Waals surface area contributed by atoms with Gasteiger partial charge in [0.2, 0.25) is 65.0 Å². The number of benzene rings is 1. The van der Waals surface area contributed by atoms with Crippen molar-refractivity contribution in [2.45, 2.75) is 205 Å². The number of guanidine groups is 1. The second kappa shape index (κ2) is 41.2. The zero-order valence-electron chi connectivity index (χ0n) is 56.4. The number of aromatic nitrogens is 1. The number of nitrogens with two attached hydrogens (primary N) is 2. The molecule has 0 radical (unpaired) electrons. The third kappa shape index (κ3) is 28.9. The molecule has 0 fully saturated rings. The normalized spacial score (nSPS) is 16.1. The summed E-state index contributed by atoms with van der Waals surface area (Å²) in [6.45, 7) is 11.7. The average Bonchev–Trinajstić information content (AvgIpc) is 1.75. The number of nitrogens with one attached hydrogen (secondary N) is 14. The molecule has 0 aliphatic carbocycles. The van der Waals surface area contributed by atoms with Crippen molar-refractivity contribution in [3.63, 3.8) is 0 Å². The van der Waals surface area contributed by atoms with Gasteiger partial charge in [-0.05, 0) is 69.4 Å². The first-order chi connectivity index (χ1) is 46.2. The van der Waals surface area contributed by atoms with Crippen LogP contribution in [0.4, 0.5) is 0 Å². The molecule has 11 amide bonds. The Hall–Kier alpha value is -10.1. The largest absolute Gasteiger partial charge is 0.481 e. The number of para-hydroxylation sites is 1. The van der Waals surface area contributed by atoms with Crippen molar-refractivity contribution in [3.8, 4) is 0 Å². The van der Waals surface area contributed by atoms with E-state index in [-0.39, 0.29) is 50.5 Å². The lowest BCUT2D eigenvalue weighted by Gasteiger charge is -2.29. The van der Waals surface area contributed by atoms with Crippen molar-refractivity contribution in [2.24, 2.45) is 29.2 Å². The lowest BCUT2D eigenvalue weighted by atomic mass is 9.96. The Labute approximate surface area is 569 Å². The number of carboxylic acids is 4. The molecule has 0 aliphatic heterocycles. The molecule has 25 N–H and O–H groups in total. The molecular weight excluding hydrogens is 1310 g/mol. The number of carbonyl (C=O) groups excluding carboxylic acids is 11. The summed E-state index contributed by atoms with van der Waals surface area (Å²) in [5, 5.41) is 106. The molecule has 99 heavy (non-hydrogen) atoms. The number of fused-ring (bicyclic) bond motifs is 1. The van der Waals surface area contributed by atoms with Crippen molar-refractivity contribution in [2.75, 3.05) is 13.1 Å². The SMILES string of the molecule is CC[C@H](C)[C@H](N)C(=O)N[C@@H](CC(=O)O)C(=O)N[C@H](C(=O)N[C@@H](CC(=O)O)C(=O)NCC(=O)N[C@H](C(=O)N[C@H](C(=O)N[C@@H](CC(C)C)C(=O)N[C@@H](CC(=O)O)C(=O)N[C@H](C(=O)N[C@@H](Cc1c[nH]c2ccccc12)C(=O)N[C@@H](CCCNC(=N)N)C(=O)O)[C@@H](C)O)[C@@H](C)O)[C@@H](C)O)[C@@H](C)CC. The summed E-state index contributed by atoms with van der Waals surface area (Å²) in [7, 11) is 0. The van der Waals surface area contributed by atoms with Crippen LogP contribution in [0.5, 0.6) is 0 Å². The number of carbonyl (C=O) groups is 15. The second-order valence-corrected chi connectivity index (χ2v) is 24.4. The summed E-state index contributed by atoms with van der Waals surface area (Å²) in [5.41, 5.74) is 12.4. The van der Waals surface area contributed by atoms with E-state index in [1.807, 2.05) is 0 Å². The van der Waals surface area contributed by atoms with E-state index in [1.165, 1.54) is 13.1 Å². The van der Waals surface area contributed by atoms with E-state index in [0.717, 1.165) is 20.8 Å². The fourth-order valence-electron chi connectivity index (χ4n) is 9.66. The highest BCUT2D eigenvalue weighted by molar-refractivity contribution is 6.01. The first-order valence-electron chi connectivity index (χ1n) is 31.8. The number of amides is 11. The summed E-state index contributed by atoms with van der Waals surface area (Å²) in [6, 6.07) is -12.5. The molecule has 552 valence electrons. The molecule has 2 rings (SSSR count). The molecule has 1 aromatic carbocycles. The third-order valence-electron chi connectivity index (χ3n) is 15.7. The molecule has 38 nitrogen and oxygen atoms in total. The number of aliphatic hydroxyl groups is 3. The fraction of sp³-hybridized carbons (Fsp3) is 0.607. The second-order valence-electron chi connectivity index (χ2n) is 24.4. The first-order valence-corrected chi connectivity index (χ1v) is 31.8. The molecule has 1 heterocycles. The smallest absolute Gasteiger partial charge is 0.326 e. The van der Waals surface area contributed by atoms with Crippen molar-refractivity contribution >= 4 is 106 Å². The summed E-state index contributed by atoms with van der Waals surface area (Å²) in [4.78, 5) is 202. The van der Waals surface area contributed by atoms with Gasteiger partial charge in [0.25, 0.3) is 0 Å². The maximum absolute atomic E-state index is 14.1. The van der Waals surface area contributed by atoms with Crippen LogP contribution in [0.2, 0.25) is 0 Å². The molecule has 16 atom stereocenters. The highest BCUT2D eigenvalue weighted by Gasteiger charge is 2.40. The standard InChI is InChI=1S/C61H96N16O22/c1-10-27(5)45(62)55(93)70-40(23-44(86)87)53(91)75-46(28(6)11-2)56(94)73-38(21-42(82)83)50(88)67-25-41(81)74-47(29(7)78)59(97)77-49(31(9)80)58(96)71-36(19-26(3)4)51(89)69-39(22-43(84)85)54(92)76-48(30(8)79)57(95)72-37(20-32-24-66-34-16-13-12-15-33(32)34)52(90)68-35(60(98)99)17-14-18-65-61(63)64/h12-13,15-16,24,26-31,35-40,45-49,66,78-80H,10-11,14,17-23,25,62H2,1-9H3,(H,67,88)(H,68,90)(H,69,89)(H,70,93)(H,71,96)(H,72,95)(H,73,94)(H,74,81)(H,75,91)(H,76,92)(H,77,97)(H,82,83)(H,84,85)(H,86,87)(H,98,99)(H4,63,64,65)/t27-,28-,29+,30+,31+,35-,36-,37-,38-,39-,40-,45-,46-,47-,48-,49-/m0/s1. The van der Waals surface area contributed by atoms with Gasteiger partial charge in [-0.15, -0.1) is 0 Å². The molecule has 0 saturated heterocycles. The lowest BCUT2D eigenvalue weighted by Crippen LogP contribution is -2.63. The predicted octanol–water partition coefficient (Wildman–Crippen LogP) is -5.95.